The Morgan fingerprint density at radius 1 is 0.235 bits per heavy atom. The number of alkyl halides is 21. The molecule has 1 saturated carbocycles. The Morgan fingerprint density at radius 3 is 0.633 bits per heavy atom. The lowest BCUT2D eigenvalue weighted by molar-refractivity contribution is -0.474. The highest BCUT2D eigenvalue weighted by molar-refractivity contribution is 6.82. The molecule has 2 spiro atoms. The average Bonchev–Trinajstić information content (AvgIpc) is 1.37. The van der Waals surface area contributed by atoms with E-state index in [9.17, 15) is 39.5 Å². The molecule has 6 aliphatic rings. The normalized spacial score (nSPS) is 24.0. The highest BCUT2D eigenvalue weighted by Gasteiger charge is 2.98. The summed E-state index contributed by atoms with van der Waals surface area (Å²) in [6, 6.07) is 0. The van der Waals surface area contributed by atoms with Gasteiger partial charge in [-0.2, -0.15) is 92.2 Å². The van der Waals surface area contributed by atoms with Gasteiger partial charge in [0.2, 0.25) is 0 Å². The highest BCUT2D eigenvalue weighted by Crippen LogP contribution is 2.91. The third-order valence-corrected chi connectivity index (χ3v) is 30.4. The Morgan fingerprint density at radius 2 is 0.418 bits per heavy atom. The number of allylic oxidation sites excluding steroid dienone is 2. The molecule has 464 valence electrons. The predicted molar refractivity (Wildman–Crippen MR) is 333 cm³/mol. The fourth-order valence-electron chi connectivity index (χ4n) is 28.8. The van der Waals surface area contributed by atoms with Crippen LogP contribution in [0.15, 0.2) is 12.2 Å². The number of hydrogen-bond acceptors (Lipinski definition) is 0. The first-order chi connectivity index (χ1) is 46.3. The summed E-state index contributed by atoms with van der Waals surface area (Å²) >= 11 is 0. The summed E-state index contributed by atoms with van der Waals surface area (Å²) in [5, 5.41) is 59.6. The third-order valence-electron chi connectivity index (χ3n) is 30.4. The second-order valence-corrected chi connectivity index (χ2v) is 31.9. The van der Waals surface area contributed by atoms with E-state index in [1.165, 1.54) is 118 Å². The summed E-state index contributed by atoms with van der Waals surface area (Å²) < 4.78 is 320. The zero-order valence-corrected chi connectivity index (χ0v) is 47.3. The van der Waals surface area contributed by atoms with E-state index in [1.807, 2.05) is 6.08 Å². The molecule has 0 heterocycles. The van der Waals surface area contributed by atoms with Crippen molar-refractivity contribution in [1.29, 1.82) is 0 Å². The number of benzene rings is 18. The third kappa shape index (κ3) is 2.79. The van der Waals surface area contributed by atoms with E-state index in [1.54, 1.807) is 6.08 Å². The Kier molecular flexibility index (Phi) is 5.02. The van der Waals surface area contributed by atoms with Crippen molar-refractivity contribution in [1.82, 2.24) is 0 Å². The minimum Gasteiger partial charge on any atom is -0.200 e. The molecule has 34 rings (SSSR count). The van der Waals surface area contributed by atoms with Crippen LogP contribution in [-0.4, -0.2) is 59.5 Å². The molecule has 6 aliphatic carbocycles. The zero-order valence-electron chi connectivity index (χ0n) is 47.3. The second-order valence-electron chi connectivity index (χ2n) is 31.9. The maximum atomic E-state index is 17.6. The van der Waals surface area contributed by atoms with Crippen LogP contribution in [0.5, 0.6) is 0 Å². The summed E-state index contributed by atoms with van der Waals surface area (Å²) in [5.74, 6) is -78.4. The molecule has 2 atom stereocenters. The van der Waals surface area contributed by atoms with Gasteiger partial charge in [0.25, 0.3) is 0 Å². The molecule has 0 amide bonds. The van der Waals surface area contributed by atoms with Crippen molar-refractivity contribution in [3.63, 3.8) is 0 Å². The SMILES string of the molecule is FC(F)(F)C(F)(F)C(F)(F)C(F)(F)C(F)(F)C(F)(F)C(F)(F)C(F)(F)C(F)(F)C(F)(F)CC[C@]12C=C[C@H](C1)C13c4c5c6c7c8c9c(c%10c%11c1c1c4c4c%12c5c5c6c6c8c8c%13c9c9c%10c%10c%11c%11c1c1c4c4c%12c%12c5c5c6c8c6c8c%13c9c9c%10c%10c%11c1c1c4c4c%12c5c6c5c8c9c%10c1c45)C732. The van der Waals surface area contributed by atoms with Crippen LogP contribution in [0.4, 0.5) is 92.2 Å². The minimum atomic E-state index is -9.25. The van der Waals surface area contributed by atoms with Crippen molar-refractivity contribution in [2.75, 3.05) is 0 Å². The molecule has 0 N–H and O–H groups in total. The molecule has 0 unspecified atom stereocenters. The van der Waals surface area contributed by atoms with Crippen molar-refractivity contribution in [3.8, 4) is 0 Å². The molecule has 0 saturated heterocycles. The van der Waals surface area contributed by atoms with Gasteiger partial charge < -0.3 is 0 Å². The van der Waals surface area contributed by atoms with Crippen molar-refractivity contribution in [3.05, 3.63) is 34.4 Å². The molecule has 0 radical (unpaired) electrons. The van der Waals surface area contributed by atoms with Crippen molar-refractivity contribution < 1.29 is 92.2 Å². The summed E-state index contributed by atoms with van der Waals surface area (Å²) in [6.45, 7) is 0. The molecule has 21 heteroatoms. The Labute approximate surface area is 516 Å². The quantitative estimate of drug-likeness (QED) is 0.0688. The summed E-state index contributed by atoms with van der Waals surface area (Å²) in [7, 11) is 0. The molecule has 0 aliphatic heterocycles. The zero-order chi connectivity index (χ0) is 65.1. The number of rotatable bonds is 11. The summed E-state index contributed by atoms with van der Waals surface area (Å²) in [4.78, 5) is 0. The Hall–Kier alpha value is -9.27. The maximum absolute atomic E-state index is 17.6. The van der Waals surface area contributed by atoms with Crippen molar-refractivity contribution >= 4 is 291 Å². The molecule has 28 aromatic carbocycles. The van der Waals surface area contributed by atoms with Gasteiger partial charge in [0.1, 0.15) is 0 Å². The van der Waals surface area contributed by atoms with Gasteiger partial charge >= 0.3 is 59.5 Å². The van der Waals surface area contributed by atoms with Crippen LogP contribution in [0.3, 0.4) is 0 Å². The average molecular weight is 1330 g/mol. The molecule has 1 fully saturated rings. The minimum absolute atomic E-state index is 0.186. The van der Waals surface area contributed by atoms with Gasteiger partial charge in [-0.25, -0.2) is 0 Å². The monoisotopic (exact) mass is 1330 g/mol. The first kappa shape index (κ1) is 46.9. The number of hydrogen-bond donors (Lipinski definition) is 0. The van der Waals surface area contributed by atoms with E-state index in [0.29, 0.717) is 0 Å². The highest BCUT2D eigenvalue weighted by atomic mass is 19.4. The number of halogens is 21. The van der Waals surface area contributed by atoms with Crippen LogP contribution in [0.25, 0.3) is 291 Å². The van der Waals surface area contributed by atoms with Crippen molar-refractivity contribution in [2.45, 2.75) is 89.6 Å². The van der Waals surface area contributed by atoms with Gasteiger partial charge in [0.05, 0.1) is 0 Å². The molecule has 28 aromatic rings. The first-order valence-corrected chi connectivity index (χ1v) is 32.2. The van der Waals surface area contributed by atoms with Crippen LogP contribution in [0.1, 0.15) is 41.5 Å². The van der Waals surface area contributed by atoms with Gasteiger partial charge in [-0.1, -0.05) is 12.2 Å². The fraction of sp³-hybridized carbons (Fsp3) is 0.221. The van der Waals surface area contributed by atoms with Gasteiger partial charge in [0, 0.05) is 22.7 Å². The Balaban J connectivity index is 0.748. The molecule has 2 bridgehead atoms. The van der Waals surface area contributed by atoms with Gasteiger partial charge in [-0.15, -0.1) is 0 Å². The van der Waals surface area contributed by atoms with Crippen LogP contribution in [0.2, 0.25) is 0 Å². The van der Waals surface area contributed by atoms with E-state index in [-0.39, 0.29) is 6.42 Å². The van der Waals surface area contributed by atoms with Gasteiger partial charge in [0.15, 0.2) is 0 Å². The number of fused-ring (bicyclic) bond motifs is 2. The van der Waals surface area contributed by atoms with E-state index in [0.717, 1.165) is 195 Å². The topological polar surface area (TPSA) is 0 Å². The summed E-state index contributed by atoms with van der Waals surface area (Å²) in [6.07, 6.45) is -8.79. The standard InChI is InChI=1S/C77H9F21/c78-66(79,69(80,81)70(82,83)71(84,85)72(86,87)73(88,89)74(90,91)75(92,93)76(94,95)77(96,97)98)4-3-65-2-1-6(5-65)67-61-53-45-35-25-17-9-7-8-11-15-13(9)21-29-23(15)33-27-19(11)20-12(8)16-14-10(7)18(17)26-32-22(14)30-24(16)34-28(20)38-37(27)49-43(33)51-41(29)47(39(45)31(21)25)55(61)57(51)63-59(49)60-50(38)44(34)52-42(30)48-40(32)46(36(26)35)54(53)62(67)56(48)58(52)64(60)68(63,65)67/h1-2,6H,3-5H2/t6-,65-,67?,68?/m1/s1. The first-order valence-electron chi connectivity index (χ1n) is 32.2. The van der Waals surface area contributed by atoms with Crippen molar-refractivity contribution in [2.24, 2.45) is 11.3 Å². The fourth-order valence-corrected chi connectivity index (χ4v) is 28.8. The van der Waals surface area contributed by atoms with E-state index in [2.05, 4.69) is 0 Å². The Bertz CT molecular complexity index is 8280. The van der Waals surface area contributed by atoms with E-state index in [4.69, 9.17) is 0 Å². The maximum Gasteiger partial charge on any atom is 0.460 e. The summed E-state index contributed by atoms with van der Waals surface area (Å²) in [5.41, 5.74) is -1.76. The molecule has 0 nitrogen and oxygen atoms in total. The van der Waals surface area contributed by atoms with E-state index >= 15 is 52.7 Å². The smallest absolute Gasteiger partial charge is 0.200 e. The van der Waals surface area contributed by atoms with Gasteiger partial charge in [-0.3, -0.25) is 0 Å². The van der Waals surface area contributed by atoms with Gasteiger partial charge in [-0.05, 0) is 332 Å². The molecular weight excluding hydrogens is 1320 g/mol. The van der Waals surface area contributed by atoms with Crippen LogP contribution < -0.4 is 0 Å². The molecular formula is C77H9F21. The molecule has 0 aromatic heterocycles. The van der Waals surface area contributed by atoms with Crippen LogP contribution in [0, 0.1) is 11.3 Å². The molecule has 98 heavy (non-hydrogen) atoms. The van der Waals surface area contributed by atoms with Crippen LogP contribution in [-0.2, 0) is 10.8 Å². The lowest BCUT2D eigenvalue weighted by atomic mass is 9.41. The van der Waals surface area contributed by atoms with Crippen LogP contribution >= 0.6 is 0 Å². The second kappa shape index (κ2) is 10.5. The largest absolute Gasteiger partial charge is 0.460 e. The predicted octanol–water partition coefficient (Wildman–Crippen LogP) is 24.9. The lowest BCUT2D eigenvalue weighted by Gasteiger charge is -2.59. The van der Waals surface area contributed by atoms with E-state index < -0.39 is 94.5 Å². The lowest BCUT2D eigenvalue weighted by Crippen LogP contribution is -2.76.